The van der Waals surface area contributed by atoms with E-state index in [1.165, 1.54) is 5.56 Å². The van der Waals surface area contributed by atoms with E-state index in [0.717, 1.165) is 48.3 Å². The van der Waals surface area contributed by atoms with E-state index in [0.29, 0.717) is 26.1 Å². The minimum Gasteiger partial charge on any atom is -0.493 e. The molecule has 2 atom stereocenters. The fraction of sp³-hybridized carbons (Fsp3) is 0.576. The average Bonchev–Trinajstić information content (AvgIpc) is 2.85. The number of unbranched alkanes of at least 4 members (excludes halogenated alkanes) is 1. The third-order valence-corrected chi connectivity index (χ3v) is 8.15. The highest BCUT2D eigenvalue weighted by atomic mass is 16.5. The number of ketones is 1. The molecule has 1 saturated carbocycles. The topological polar surface area (TPSA) is 72.8 Å². The fourth-order valence-corrected chi connectivity index (χ4v) is 6.41. The molecule has 3 rings (SSSR count). The van der Waals surface area contributed by atoms with Gasteiger partial charge in [0, 0.05) is 17.9 Å². The molecule has 2 unspecified atom stereocenters. The lowest BCUT2D eigenvalue weighted by atomic mass is 9.52. The highest BCUT2D eigenvalue weighted by Gasteiger charge is 2.55. The van der Waals surface area contributed by atoms with E-state index in [1.807, 2.05) is 39.0 Å². The van der Waals surface area contributed by atoms with Gasteiger partial charge in [0.2, 0.25) is 0 Å². The summed E-state index contributed by atoms with van der Waals surface area (Å²) in [5.74, 6) is 0.422. The largest absolute Gasteiger partial charge is 0.493 e. The fourth-order valence-electron chi connectivity index (χ4n) is 6.41. The molecule has 1 aliphatic carbocycles. The van der Waals surface area contributed by atoms with Gasteiger partial charge in [0.05, 0.1) is 18.6 Å². The zero-order valence-corrected chi connectivity index (χ0v) is 24.1. The smallest absolute Gasteiger partial charge is 0.310 e. The molecule has 0 saturated heterocycles. The van der Waals surface area contributed by atoms with Gasteiger partial charge in [-0.05, 0) is 87.5 Å². The molecule has 0 aromatic heterocycles. The van der Waals surface area contributed by atoms with Crippen molar-refractivity contribution >= 4 is 11.8 Å². The molecule has 38 heavy (non-hydrogen) atoms. The van der Waals surface area contributed by atoms with Crippen molar-refractivity contribution < 1.29 is 24.2 Å². The zero-order chi connectivity index (χ0) is 27.9. The van der Waals surface area contributed by atoms with Crippen LogP contribution in [0, 0.1) is 23.7 Å². The van der Waals surface area contributed by atoms with Crippen molar-refractivity contribution in [2.75, 3.05) is 13.2 Å². The van der Waals surface area contributed by atoms with Crippen LogP contribution in [0.4, 0.5) is 0 Å². The SMILES string of the molecule is CCOc1cc(C(C)C(CCCCc2ccccc2)C(=O)CC2(C(=O)O)CC(C)(C)C2)cc(OCC)c1C. The maximum Gasteiger partial charge on any atom is 0.310 e. The first kappa shape index (κ1) is 29.7. The summed E-state index contributed by atoms with van der Waals surface area (Å²) in [5, 5.41) is 10.1. The Labute approximate surface area is 228 Å². The molecule has 0 bridgehead atoms. The van der Waals surface area contributed by atoms with Crippen LogP contribution in [0.2, 0.25) is 0 Å². The molecule has 2 aromatic carbocycles. The molecule has 208 valence electrons. The van der Waals surface area contributed by atoms with E-state index in [2.05, 4.69) is 45.0 Å². The molecule has 1 N–H and O–H groups in total. The Bertz CT molecular complexity index is 1050. The number of rotatable bonds is 15. The molecule has 1 fully saturated rings. The van der Waals surface area contributed by atoms with E-state index in [1.54, 1.807) is 0 Å². The van der Waals surface area contributed by atoms with Crippen molar-refractivity contribution in [3.05, 3.63) is 59.2 Å². The Morgan fingerprint density at radius 2 is 1.55 bits per heavy atom. The normalized spacial score (nSPS) is 17.2. The molecule has 0 spiro atoms. The number of benzene rings is 2. The number of hydrogen-bond acceptors (Lipinski definition) is 4. The van der Waals surface area contributed by atoms with Crippen LogP contribution in [0.5, 0.6) is 11.5 Å². The van der Waals surface area contributed by atoms with Crippen molar-refractivity contribution in [1.29, 1.82) is 0 Å². The van der Waals surface area contributed by atoms with Gasteiger partial charge >= 0.3 is 5.97 Å². The van der Waals surface area contributed by atoms with Gasteiger partial charge in [-0.2, -0.15) is 0 Å². The summed E-state index contributed by atoms with van der Waals surface area (Å²) in [5.41, 5.74) is 2.28. The third-order valence-electron chi connectivity index (χ3n) is 8.15. The molecule has 0 aliphatic heterocycles. The lowest BCUT2D eigenvalue weighted by Crippen LogP contribution is -2.50. The van der Waals surface area contributed by atoms with E-state index in [-0.39, 0.29) is 29.5 Å². The molecule has 0 radical (unpaired) electrons. The molecule has 5 heteroatoms. The summed E-state index contributed by atoms with van der Waals surface area (Å²) in [6, 6.07) is 14.5. The zero-order valence-electron chi connectivity index (χ0n) is 24.1. The van der Waals surface area contributed by atoms with E-state index < -0.39 is 11.4 Å². The molecule has 0 heterocycles. The predicted molar refractivity (Wildman–Crippen MR) is 152 cm³/mol. The number of carbonyl (C=O) groups excluding carboxylic acids is 1. The Hall–Kier alpha value is -2.82. The first-order valence-corrected chi connectivity index (χ1v) is 14.2. The maximum absolute atomic E-state index is 13.9. The Balaban J connectivity index is 1.85. The van der Waals surface area contributed by atoms with Crippen LogP contribution in [0.25, 0.3) is 0 Å². The van der Waals surface area contributed by atoms with Crippen molar-refractivity contribution in [3.8, 4) is 11.5 Å². The Kier molecular flexibility index (Phi) is 10.0. The van der Waals surface area contributed by atoms with Crippen LogP contribution in [0.1, 0.15) is 95.8 Å². The highest BCUT2D eigenvalue weighted by Crippen LogP contribution is 2.57. The van der Waals surface area contributed by atoms with Crippen molar-refractivity contribution in [1.82, 2.24) is 0 Å². The second kappa shape index (κ2) is 12.8. The number of ether oxygens (including phenoxy) is 2. The van der Waals surface area contributed by atoms with Crippen LogP contribution >= 0.6 is 0 Å². The number of aliphatic carboxylic acids is 1. The van der Waals surface area contributed by atoms with Gasteiger partial charge in [-0.1, -0.05) is 57.5 Å². The van der Waals surface area contributed by atoms with Gasteiger partial charge in [-0.15, -0.1) is 0 Å². The molecule has 0 amide bonds. The van der Waals surface area contributed by atoms with E-state index in [9.17, 15) is 14.7 Å². The summed E-state index contributed by atoms with van der Waals surface area (Å²) in [4.78, 5) is 26.2. The summed E-state index contributed by atoms with van der Waals surface area (Å²) in [7, 11) is 0. The number of carboxylic acids is 1. The van der Waals surface area contributed by atoms with Crippen molar-refractivity contribution in [2.24, 2.45) is 16.7 Å². The van der Waals surface area contributed by atoms with Crippen LogP contribution in [0.15, 0.2) is 42.5 Å². The summed E-state index contributed by atoms with van der Waals surface area (Å²) < 4.78 is 11.8. The van der Waals surface area contributed by atoms with Gasteiger partial charge < -0.3 is 14.6 Å². The van der Waals surface area contributed by atoms with Crippen molar-refractivity contribution in [3.63, 3.8) is 0 Å². The second-order valence-electron chi connectivity index (χ2n) is 11.9. The van der Waals surface area contributed by atoms with Gasteiger partial charge in [0.1, 0.15) is 17.3 Å². The third kappa shape index (κ3) is 7.18. The first-order valence-electron chi connectivity index (χ1n) is 14.2. The number of carboxylic acid groups (broad SMARTS) is 1. The summed E-state index contributed by atoms with van der Waals surface area (Å²) >= 11 is 0. The standard InChI is InChI=1S/C33H46O5/c1-7-37-29-18-26(19-30(24(29)4)38-8-2)23(3)27(17-13-12-16-25-14-10-9-11-15-25)28(34)20-33(31(35)36)21-32(5,6)22-33/h9-11,14-15,18-19,23,27H,7-8,12-13,16-17,20-22H2,1-6H3,(H,35,36). The van der Waals surface area contributed by atoms with Gasteiger partial charge in [-0.3, -0.25) is 9.59 Å². The van der Waals surface area contributed by atoms with E-state index in [4.69, 9.17) is 9.47 Å². The molecule has 5 nitrogen and oxygen atoms in total. The highest BCUT2D eigenvalue weighted by molar-refractivity contribution is 5.89. The lowest BCUT2D eigenvalue weighted by Gasteiger charge is -2.50. The van der Waals surface area contributed by atoms with Crippen LogP contribution in [-0.4, -0.2) is 30.1 Å². The van der Waals surface area contributed by atoms with Crippen LogP contribution < -0.4 is 9.47 Å². The number of carbonyl (C=O) groups is 2. The Morgan fingerprint density at radius 3 is 2.05 bits per heavy atom. The molecule has 1 aliphatic rings. The number of aryl methyl sites for hydroxylation is 1. The maximum atomic E-state index is 13.9. The van der Waals surface area contributed by atoms with Gasteiger partial charge in [-0.25, -0.2) is 0 Å². The van der Waals surface area contributed by atoms with E-state index >= 15 is 0 Å². The first-order chi connectivity index (χ1) is 18.0. The summed E-state index contributed by atoms with van der Waals surface area (Å²) in [6.45, 7) is 13.3. The Morgan fingerprint density at radius 1 is 0.974 bits per heavy atom. The minimum absolute atomic E-state index is 0.0365. The van der Waals surface area contributed by atoms with Crippen LogP contribution in [0.3, 0.4) is 0 Å². The second-order valence-corrected chi connectivity index (χ2v) is 11.9. The van der Waals surface area contributed by atoms with Gasteiger partial charge in [0.15, 0.2) is 0 Å². The number of hydrogen-bond donors (Lipinski definition) is 1. The average molecular weight is 523 g/mol. The summed E-state index contributed by atoms with van der Waals surface area (Å²) in [6.07, 6.45) is 4.78. The molecular weight excluding hydrogens is 476 g/mol. The number of Topliss-reactive ketones (excluding diaryl/α,β-unsaturated/α-hetero) is 1. The minimum atomic E-state index is -0.942. The molecule has 2 aromatic rings. The van der Waals surface area contributed by atoms with Gasteiger partial charge in [0.25, 0.3) is 0 Å². The lowest BCUT2D eigenvalue weighted by molar-refractivity contribution is -0.167. The monoisotopic (exact) mass is 522 g/mol. The molecular formula is C33H46O5. The predicted octanol–water partition coefficient (Wildman–Crippen LogP) is 7.78. The van der Waals surface area contributed by atoms with Crippen LogP contribution in [-0.2, 0) is 16.0 Å². The quantitative estimate of drug-likeness (QED) is 0.242. The van der Waals surface area contributed by atoms with Crippen molar-refractivity contribution in [2.45, 2.75) is 92.4 Å².